The van der Waals surface area contributed by atoms with E-state index in [1.54, 1.807) is 13.0 Å². The number of rotatable bonds is 6. The summed E-state index contributed by atoms with van der Waals surface area (Å²) in [6, 6.07) is 1.81. The van der Waals surface area contributed by atoms with Crippen molar-refractivity contribution in [1.82, 2.24) is 9.97 Å². The Morgan fingerprint density at radius 1 is 1.47 bits per heavy atom. The zero-order valence-corrected chi connectivity index (χ0v) is 10.5. The Labute approximate surface area is 101 Å². The fourth-order valence-corrected chi connectivity index (χ4v) is 1.43. The van der Waals surface area contributed by atoms with Crippen molar-refractivity contribution in [2.24, 2.45) is 0 Å². The van der Waals surface area contributed by atoms with Gasteiger partial charge in [0.05, 0.1) is 0 Å². The minimum Gasteiger partial charge on any atom is -0.480 e. The lowest BCUT2D eigenvalue weighted by Gasteiger charge is -2.25. The first-order valence-corrected chi connectivity index (χ1v) is 5.84. The van der Waals surface area contributed by atoms with E-state index >= 15 is 0 Å². The lowest BCUT2D eigenvalue weighted by molar-refractivity contribution is -0.141. The van der Waals surface area contributed by atoms with Crippen LogP contribution in [0.1, 0.15) is 39.3 Å². The molecule has 5 nitrogen and oxygen atoms in total. The topological polar surface area (TPSA) is 75.1 Å². The van der Waals surface area contributed by atoms with E-state index in [9.17, 15) is 4.79 Å². The lowest BCUT2D eigenvalue weighted by Crippen LogP contribution is -2.42. The van der Waals surface area contributed by atoms with E-state index in [-0.39, 0.29) is 0 Å². The van der Waals surface area contributed by atoms with Gasteiger partial charge in [0.25, 0.3) is 0 Å². The molecule has 0 aliphatic carbocycles. The van der Waals surface area contributed by atoms with Crippen LogP contribution in [0.2, 0.25) is 0 Å². The zero-order valence-electron chi connectivity index (χ0n) is 10.5. The number of nitrogens with one attached hydrogen (secondary N) is 1. The Balaban J connectivity index is 2.86. The third kappa shape index (κ3) is 3.41. The monoisotopic (exact) mass is 237 g/mol. The first-order valence-electron chi connectivity index (χ1n) is 5.84. The van der Waals surface area contributed by atoms with Crippen molar-refractivity contribution < 1.29 is 9.90 Å². The number of carboxylic acid groups (broad SMARTS) is 1. The second kappa shape index (κ2) is 5.61. The molecule has 0 amide bonds. The molecule has 1 aromatic heterocycles. The quantitative estimate of drug-likeness (QED) is 0.792. The third-order valence-corrected chi connectivity index (χ3v) is 2.81. The molecule has 1 rings (SSSR count). The summed E-state index contributed by atoms with van der Waals surface area (Å²) in [5.74, 6) is -0.314. The zero-order chi connectivity index (χ0) is 12.9. The number of anilines is 1. The van der Waals surface area contributed by atoms with Gasteiger partial charge in [0.2, 0.25) is 0 Å². The molecule has 0 spiro atoms. The number of hydrogen-bond donors (Lipinski definition) is 2. The number of carbonyl (C=O) groups is 1. The van der Waals surface area contributed by atoms with E-state index in [1.807, 2.05) is 6.92 Å². The average Bonchev–Trinajstić information content (AvgIpc) is 2.29. The largest absolute Gasteiger partial charge is 0.480 e. The average molecular weight is 237 g/mol. The second-order valence-electron chi connectivity index (χ2n) is 4.26. The molecular formula is C12H19N3O2. The molecule has 2 N–H and O–H groups in total. The SMILES string of the molecule is CCCc1cc(NC(C)(CC)C(=O)O)ncn1. The maximum Gasteiger partial charge on any atom is 0.329 e. The van der Waals surface area contributed by atoms with Crippen LogP contribution >= 0.6 is 0 Å². The van der Waals surface area contributed by atoms with Gasteiger partial charge in [-0.1, -0.05) is 20.3 Å². The molecule has 94 valence electrons. The van der Waals surface area contributed by atoms with E-state index in [2.05, 4.69) is 22.2 Å². The first-order chi connectivity index (χ1) is 8.01. The summed E-state index contributed by atoms with van der Waals surface area (Å²) in [5.41, 5.74) is -0.0634. The molecule has 1 heterocycles. The molecule has 5 heteroatoms. The predicted molar refractivity (Wildman–Crippen MR) is 66.0 cm³/mol. The van der Waals surface area contributed by atoms with Crippen LogP contribution in [0.3, 0.4) is 0 Å². The standard InChI is InChI=1S/C12H19N3O2/c1-4-6-9-7-10(14-8-13-9)15-12(3,5-2)11(16)17/h7-8H,4-6H2,1-3H3,(H,16,17)(H,13,14,15). The van der Waals surface area contributed by atoms with Gasteiger partial charge in [0.15, 0.2) is 0 Å². The normalized spacial score (nSPS) is 14.1. The highest BCUT2D eigenvalue weighted by Gasteiger charge is 2.31. The molecule has 17 heavy (non-hydrogen) atoms. The number of aryl methyl sites for hydroxylation is 1. The predicted octanol–water partition coefficient (Wildman–Crippen LogP) is 2.09. The van der Waals surface area contributed by atoms with Gasteiger partial charge in [-0.15, -0.1) is 0 Å². The van der Waals surface area contributed by atoms with Crippen molar-refractivity contribution >= 4 is 11.8 Å². The van der Waals surface area contributed by atoms with Gasteiger partial charge in [-0.2, -0.15) is 0 Å². The summed E-state index contributed by atoms with van der Waals surface area (Å²) in [4.78, 5) is 19.3. The van der Waals surface area contributed by atoms with E-state index in [0.717, 1.165) is 18.5 Å². The van der Waals surface area contributed by atoms with Crippen LogP contribution in [0, 0.1) is 0 Å². The maximum atomic E-state index is 11.2. The summed E-state index contributed by atoms with van der Waals surface area (Å²) >= 11 is 0. The highest BCUT2D eigenvalue weighted by atomic mass is 16.4. The molecule has 0 saturated heterocycles. The second-order valence-corrected chi connectivity index (χ2v) is 4.26. The molecule has 0 fully saturated rings. The molecule has 0 aliphatic rings. The molecule has 1 unspecified atom stereocenters. The smallest absolute Gasteiger partial charge is 0.329 e. The van der Waals surface area contributed by atoms with Crippen molar-refractivity contribution in [3.63, 3.8) is 0 Å². The number of carboxylic acids is 1. The third-order valence-electron chi connectivity index (χ3n) is 2.81. The van der Waals surface area contributed by atoms with E-state index < -0.39 is 11.5 Å². The minimum atomic E-state index is -0.988. The van der Waals surface area contributed by atoms with Crippen molar-refractivity contribution in [3.8, 4) is 0 Å². The van der Waals surface area contributed by atoms with Crippen LogP contribution in [-0.2, 0) is 11.2 Å². The Morgan fingerprint density at radius 3 is 2.71 bits per heavy atom. The molecule has 0 radical (unpaired) electrons. The molecular weight excluding hydrogens is 218 g/mol. The van der Waals surface area contributed by atoms with Gasteiger partial charge >= 0.3 is 5.97 Å². The van der Waals surface area contributed by atoms with Crippen LogP contribution in [0.5, 0.6) is 0 Å². The number of hydrogen-bond acceptors (Lipinski definition) is 4. The highest BCUT2D eigenvalue weighted by Crippen LogP contribution is 2.17. The Bertz CT molecular complexity index is 395. The van der Waals surface area contributed by atoms with Gasteiger partial charge in [-0.05, 0) is 19.8 Å². The van der Waals surface area contributed by atoms with Gasteiger partial charge in [-0.3, -0.25) is 0 Å². The summed E-state index contributed by atoms with van der Waals surface area (Å²) in [5, 5.41) is 12.1. The lowest BCUT2D eigenvalue weighted by atomic mass is 9.99. The molecule has 0 aromatic carbocycles. The Morgan fingerprint density at radius 2 is 2.18 bits per heavy atom. The number of nitrogens with zero attached hydrogens (tertiary/aromatic N) is 2. The van der Waals surface area contributed by atoms with Gasteiger partial charge in [0.1, 0.15) is 17.7 Å². The summed E-state index contributed by atoms with van der Waals surface area (Å²) in [6.07, 6.45) is 3.81. The van der Waals surface area contributed by atoms with Gasteiger partial charge < -0.3 is 10.4 Å². The molecule has 0 aliphatic heterocycles. The van der Waals surface area contributed by atoms with Crippen molar-refractivity contribution in [2.45, 2.75) is 45.6 Å². The van der Waals surface area contributed by atoms with Gasteiger partial charge in [-0.25, -0.2) is 14.8 Å². The van der Waals surface area contributed by atoms with Crippen molar-refractivity contribution in [3.05, 3.63) is 18.1 Å². The van der Waals surface area contributed by atoms with Gasteiger partial charge in [0, 0.05) is 11.8 Å². The maximum absolute atomic E-state index is 11.2. The van der Waals surface area contributed by atoms with Crippen molar-refractivity contribution in [2.75, 3.05) is 5.32 Å². The van der Waals surface area contributed by atoms with Crippen LogP contribution in [-0.4, -0.2) is 26.6 Å². The van der Waals surface area contributed by atoms with E-state index in [1.165, 1.54) is 6.33 Å². The first kappa shape index (κ1) is 13.4. The molecule has 1 atom stereocenters. The number of aromatic nitrogens is 2. The fraction of sp³-hybridized carbons (Fsp3) is 0.583. The highest BCUT2D eigenvalue weighted by molar-refractivity contribution is 5.81. The molecule has 0 bridgehead atoms. The van der Waals surface area contributed by atoms with Crippen molar-refractivity contribution in [1.29, 1.82) is 0 Å². The molecule has 1 aromatic rings. The van der Waals surface area contributed by atoms with E-state index in [4.69, 9.17) is 5.11 Å². The molecule has 0 saturated carbocycles. The van der Waals surface area contributed by atoms with Crippen LogP contribution in [0.25, 0.3) is 0 Å². The van der Waals surface area contributed by atoms with Crippen LogP contribution < -0.4 is 5.32 Å². The minimum absolute atomic E-state index is 0.482. The summed E-state index contributed by atoms with van der Waals surface area (Å²) < 4.78 is 0. The van der Waals surface area contributed by atoms with Crippen LogP contribution in [0.4, 0.5) is 5.82 Å². The number of aliphatic carboxylic acids is 1. The summed E-state index contributed by atoms with van der Waals surface area (Å²) in [6.45, 7) is 5.55. The Kier molecular flexibility index (Phi) is 4.43. The van der Waals surface area contributed by atoms with E-state index in [0.29, 0.717) is 12.2 Å². The summed E-state index contributed by atoms with van der Waals surface area (Å²) in [7, 11) is 0. The van der Waals surface area contributed by atoms with Crippen LogP contribution in [0.15, 0.2) is 12.4 Å². The Hall–Kier alpha value is -1.65. The fourth-order valence-electron chi connectivity index (χ4n) is 1.43.